The van der Waals surface area contributed by atoms with Gasteiger partial charge in [0.25, 0.3) is 0 Å². The van der Waals surface area contributed by atoms with E-state index >= 15 is 0 Å². The molecule has 3 nitrogen and oxygen atoms in total. The molecular weight excluding hydrogens is 274 g/mol. The minimum Gasteiger partial charge on any atom is -0.350 e. The Labute approximate surface area is 124 Å². The van der Waals surface area contributed by atoms with Crippen LogP contribution in [0.4, 0.5) is 8.78 Å². The Morgan fingerprint density at radius 2 is 1.90 bits per heavy atom. The second-order valence-corrected chi connectivity index (χ2v) is 6.69. The van der Waals surface area contributed by atoms with Crippen LogP contribution in [0.5, 0.6) is 0 Å². The Balaban J connectivity index is 2.56. The third kappa shape index (κ3) is 6.21. The molecule has 21 heavy (non-hydrogen) atoms. The summed E-state index contributed by atoms with van der Waals surface area (Å²) in [5.41, 5.74) is 6.53. The van der Waals surface area contributed by atoms with Crippen molar-refractivity contribution in [2.45, 2.75) is 52.6 Å². The minimum atomic E-state index is -0.918. The summed E-state index contributed by atoms with van der Waals surface area (Å²) in [4.78, 5) is 11.9. The van der Waals surface area contributed by atoms with E-state index in [-0.39, 0.29) is 23.8 Å². The van der Waals surface area contributed by atoms with E-state index in [0.717, 1.165) is 18.6 Å². The molecule has 0 spiro atoms. The third-order valence-corrected chi connectivity index (χ3v) is 3.14. The molecule has 0 fully saturated rings. The molecule has 1 aromatic rings. The van der Waals surface area contributed by atoms with Gasteiger partial charge in [0.05, 0.1) is 6.04 Å². The van der Waals surface area contributed by atoms with E-state index in [1.54, 1.807) is 6.92 Å². The molecular formula is C16H24F2N2O. The zero-order chi connectivity index (χ0) is 16.2. The van der Waals surface area contributed by atoms with Gasteiger partial charge >= 0.3 is 0 Å². The molecule has 0 aromatic heterocycles. The van der Waals surface area contributed by atoms with Crippen molar-refractivity contribution >= 4 is 5.91 Å². The van der Waals surface area contributed by atoms with Crippen LogP contribution in [-0.2, 0) is 4.79 Å². The number of carbonyl (C=O) groups excluding carboxylic acids is 1. The Kier molecular flexibility index (Phi) is 5.84. The van der Waals surface area contributed by atoms with Gasteiger partial charge in [-0.3, -0.25) is 4.79 Å². The van der Waals surface area contributed by atoms with E-state index in [1.165, 1.54) is 6.07 Å². The molecule has 1 amide bonds. The third-order valence-electron chi connectivity index (χ3n) is 3.14. The monoisotopic (exact) mass is 298 g/mol. The molecule has 0 aliphatic carbocycles. The number of hydrogen-bond donors (Lipinski definition) is 2. The first-order chi connectivity index (χ1) is 9.58. The van der Waals surface area contributed by atoms with Crippen LogP contribution in [0.1, 0.15) is 52.1 Å². The summed E-state index contributed by atoms with van der Waals surface area (Å²) in [6.45, 7) is 7.91. The highest BCUT2D eigenvalue weighted by molar-refractivity contribution is 5.77. The molecule has 1 aromatic carbocycles. The number of benzene rings is 1. The molecule has 5 heteroatoms. The fourth-order valence-electron chi connectivity index (χ4n) is 2.26. The van der Waals surface area contributed by atoms with Crippen LogP contribution in [-0.4, -0.2) is 11.9 Å². The zero-order valence-electron chi connectivity index (χ0n) is 13.0. The van der Waals surface area contributed by atoms with Gasteiger partial charge in [-0.1, -0.05) is 26.8 Å². The van der Waals surface area contributed by atoms with Crippen molar-refractivity contribution in [1.82, 2.24) is 5.32 Å². The highest BCUT2D eigenvalue weighted by Gasteiger charge is 2.19. The molecule has 118 valence electrons. The maximum Gasteiger partial charge on any atom is 0.222 e. The molecule has 0 aliphatic rings. The Bertz CT molecular complexity index is 498. The van der Waals surface area contributed by atoms with E-state index in [2.05, 4.69) is 26.1 Å². The van der Waals surface area contributed by atoms with Gasteiger partial charge in [-0.05, 0) is 36.5 Å². The number of halogens is 2. The van der Waals surface area contributed by atoms with E-state index < -0.39 is 17.7 Å². The number of rotatable bonds is 5. The summed E-state index contributed by atoms with van der Waals surface area (Å²) >= 11 is 0. The lowest BCUT2D eigenvalue weighted by Gasteiger charge is -2.23. The first-order valence-electron chi connectivity index (χ1n) is 7.08. The van der Waals surface area contributed by atoms with Gasteiger partial charge in [0.15, 0.2) is 11.6 Å². The smallest absolute Gasteiger partial charge is 0.222 e. The van der Waals surface area contributed by atoms with Crippen LogP contribution in [0.3, 0.4) is 0 Å². The van der Waals surface area contributed by atoms with Crippen molar-refractivity contribution in [3.05, 3.63) is 35.4 Å². The first-order valence-corrected chi connectivity index (χ1v) is 7.08. The molecule has 0 radical (unpaired) electrons. The van der Waals surface area contributed by atoms with Gasteiger partial charge in [0.2, 0.25) is 5.91 Å². The van der Waals surface area contributed by atoms with E-state index in [0.29, 0.717) is 5.56 Å². The predicted molar refractivity (Wildman–Crippen MR) is 79.6 cm³/mol. The number of amides is 1. The van der Waals surface area contributed by atoms with Crippen LogP contribution in [0, 0.1) is 17.0 Å². The van der Waals surface area contributed by atoms with Crippen molar-refractivity contribution in [3.8, 4) is 0 Å². The largest absolute Gasteiger partial charge is 0.350 e. The summed E-state index contributed by atoms with van der Waals surface area (Å²) in [6, 6.07) is 2.99. The predicted octanol–water partition coefficient (Wildman–Crippen LogP) is 3.30. The van der Waals surface area contributed by atoms with Gasteiger partial charge in [0.1, 0.15) is 0 Å². The van der Waals surface area contributed by atoms with Gasteiger partial charge in [-0.15, -0.1) is 0 Å². The molecule has 2 unspecified atom stereocenters. The molecule has 0 aliphatic heterocycles. The lowest BCUT2D eigenvalue weighted by atomic mass is 9.87. The van der Waals surface area contributed by atoms with Crippen LogP contribution < -0.4 is 11.1 Å². The second-order valence-electron chi connectivity index (χ2n) is 6.69. The van der Waals surface area contributed by atoms with Crippen LogP contribution in [0.2, 0.25) is 0 Å². The average molecular weight is 298 g/mol. The van der Waals surface area contributed by atoms with Crippen LogP contribution in [0.25, 0.3) is 0 Å². The lowest BCUT2D eigenvalue weighted by Crippen LogP contribution is -2.35. The quantitative estimate of drug-likeness (QED) is 0.876. The standard InChI is InChI=1S/C16H24F2N2O/c1-10(11-5-6-13(17)14(18)7-11)20-15(21)8-12(19)9-16(2,3)4/h5-7,10,12H,8-9,19H2,1-4H3,(H,20,21). The normalized spacial score (nSPS) is 14.6. The SMILES string of the molecule is CC(NC(=O)CC(N)CC(C)(C)C)c1ccc(F)c(F)c1. The first kappa shape index (κ1) is 17.6. The van der Waals surface area contributed by atoms with Crippen molar-refractivity contribution < 1.29 is 13.6 Å². The van der Waals surface area contributed by atoms with Gasteiger partial charge < -0.3 is 11.1 Å². The minimum absolute atomic E-state index is 0.0609. The number of nitrogens with one attached hydrogen (secondary N) is 1. The Hall–Kier alpha value is -1.49. The van der Waals surface area contributed by atoms with Crippen LogP contribution in [0.15, 0.2) is 18.2 Å². The fourth-order valence-corrected chi connectivity index (χ4v) is 2.26. The molecule has 0 saturated carbocycles. The summed E-state index contributed by atoms with van der Waals surface area (Å²) in [5.74, 6) is -2.01. The van der Waals surface area contributed by atoms with Crippen molar-refractivity contribution in [3.63, 3.8) is 0 Å². The lowest BCUT2D eigenvalue weighted by molar-refractivity contribution is -0.122. The van der Waals surface area contributed by atoms with Gasteiger partial charge in [-0.25, -0.2) is 8.78 Å². The number of nitrogens with two attached hydrogens (primary N) is 1. The molecule has 0 saturated heterocycles. The van der Waals surface area contributed by atoms with Crippen molar-refractivity contribution in [2.24, 2.45) is 11.1 Å². The maximum atomic E-state index is 13.2. The van der Waals surface area contributed by atoms with E-state index in [1.807, 2.05) is 0 Å². The van der Waals surface area contributed by atoms with Crippen LogP contribution >= 0.6 is 0 Å². The molecule has 0 heterocycles. The van der Waals surface area contributed by atoms with Crippen molar-refractivity contribution in [2.75, 3.05) is 0 Å². The molecule has 2 atom stereocenters. The summed E-state index contributed by atoms with van der Waals surface area (Å²) in [6.07, 6.45) is 0.950. The topological polar surface area (TPSA) is 55.1 Å². The fraction of sp³-hybridized carbons (Fsp3) is 0.562. The number of hydrogen-bond acceptors (Lipinski definition) is 2. The van der Waals surface area contributed by atoms with Gasteiger partial charge in [0, 0.05) is 12.5 Å². The molecule has 0 bridgehead atoms. The molecule has 3 N–H and O–H groups in total. The zero-order valence-corrected chi connectivity index (χ0v) is 13.0. The van der Waals surface area contributed by atoms with Crippen molar-refractivity contribution in [1.29, 1.82) is 0 Å². The van der Waals surface area contributed by atoms with Gasteiger partial charge in [-0.2, -0.15) is 0 Å². The van der Waals surface area contributed by atoms with E-state index in [4.69, 9.17) is 5.73 Å². The number of carbonyl (C=O) groups is 1. The molecule has 1 rings (SSSR count). The van der Waals surface area contributed by atoms with E-state index in [9.17, 15) is 13.6 Å². The highest BCUT2D eigenvalue weighted by Crippen LogP contribution is 2.21. The summed E-state index contributed by atoms with van der Waals surface area (Å²) in [7, 11) is 0. The summed E-state index contributed by atoms with van der Waals surface area (Å²) in [5, 5.41) is 2.75. The average Bonchev–Trinajstić information content (AvgIpc) is 2.29. The Morgan fingerprint density at radius 1 is 1.29 bits per heavy atom. The Morgan fingerprint density at radius 3 is 2.43 bits per heavy atom. The maximum absolute atomic E-state index is 13.2. The highest BCUT2D eigenvalue weighted by atomic mass is 19.2. The second kappa shape index (κ2) is 6.98. The summed E-state index contributed by atoms with van der Waals surface area (Å²) < 4.78 is 26.0.